The summed E-state index contributed by atoms with van der Waals surface area (Å²) in [6, 6.07) is 0.458. The maximum atomic E-state index is 12.4. The van der Waals surface area contributed by atoms with Crippen molar-refractivity contribution < 1.29 is 13.2 Å². The number of halogens is 3. The summed E-state index contributed by atoms with van der Waals surface area (Å²) >= 11 is 1.14. The number of rotatable bonds is 3. The van der Waals surface area contributed by atoms with E-state index < -0.39 is 17.4 Å². The minimum atomic E-state index is -4.63. The van der Waals surface area contributed by atoms with Crippen molar-refractivity contribution in [3.05, 3.63) is 34.3 Å². The van der Waals surface area contributed by atoms with Crippen LogP contribution in [-0.4, -0.2) is 33.0 Å². The molecule has 6 nitrogen and oxygen atoms in total. The maximum Gasteiger partial charge on any atom is 0.433 e. The molecule has 0 N–H and O–H groups in total. The molecule has 10 heteroatoms. The normalized spacial score (nSPS) is 11.7. The summed E-state index contributed by atoms with van der Waals surface area (Å²) in [6.45, 7) is -0.0195. The van der Waals surface area contributed by atoms with E-state index in [9.17, 15) is 18.0 Å². The molecule has 2 heterocycles. The largest absolute Gasteiger partial charge is 0.433 e. The lowest BCUT2D eigenvalue weighted by Gasteiger charge is -2.07. The molecule has 0 aliphatic rings. The molecule has 2 aromatic rings. The van der Waals surface area contributed by atoms with Crippen molar-refractivity contribution in [1.29, 1.82) is 0 Å². The van der Waals surface area contributed by atoms with Crippen molar-refractivity contribution >= 4 is 16.7 Å². The summed E-state index contributed by atoms with van der Waals surface area (Å²) in [5.41, 5.74) is -2.01. The van der Waals surface area contributed by atoms with Gasteiger partial charge in [-0.1, -0.05) is 0 Å². The molecule has 20 heavy (non-hydrogen) atoms. The molecule has 2 aromatic heterocycles. The van der Waals surface area contributed by atoms with Gasteiger partial charge < -0.3 is 4.90 Å². The number of aromatic nitrogens is 4. The molecular weight excluding hydrogens is 295 g/mol. The fraction of sp³-hybridized carbons (Fsp3) is 0.400. The Morgan fingerprint density at radius 3 is 2.60 bits per heavy atom. The van der Waals surface area contributed by atoms with Gasteiger partial charge >= 0.3 is 6.18 Å². The van der Waals surface area contributed by atoms with Crippen molar-refractivity contribution in [2.75, 3.05) is 19.0 Å². The van der Waals surface area contributed by atoms with Gasteiger partial charge in [0.15, 0.2) is 11.5 Å². The van der Waals surface area contributed by atoms with Gasteiger partial charge in [-0.15, -0.1) is 0 Å². The zero-order valence-corrected chi connectivity index (χ0v) is 11.4. The zero-order valence-electron chi connectivity index (χ0n) is 10.5. The van der Waals surface area contributed by atoms with Gasteiger partial charge in [0.25, 0.3) is 5.56 Å². The summed E-state index contributed by atoms with van der Waals surface area (Å²) in [5.74, 6) is 0.349. The summed E-state index contributed by atoms with van der Waals surface area (Å²) < 4.78 is 42.2. The average Bonchev–Trinajstić information content (AvgIpc) is 2.79. The predicted octanol–water partition coefficient (Wildman–Crippen LogP) is 1.23. The number of hydrogen-bond acceptors (Lipinski definition) is 6. The standard InChI is InChI=1S/C10H10F3N5OS/c1-17(2)9-15-7(16-20-9)4-18-5-14-6(3-8(18)19)10(11,12)13/h3,5H,4H2,1-2H3. The highest BCUT2D eigenvalue weighted by atomic mass is 32.1. The van der Waals surface area contributed by atoms with Crippen LogP contribution in [0.3, 0.4) is 0 Å². The van der Waals surface area contributed by atoms with Gasteiger partial charge in [0.1, 0.15) is 0 Å². The van der Waals surface area contributed by atoms with Gasteiger partial charge in [0.05, 0.1) is 12.9 Å². The van der Waals surface area contributed by atoms with Crippen molar-refractivity contribution in [1.82, 2.24) is 18.9 Å². The third kappa shape index (κ3) is 3.13. The van der Waals surface area contributed by atoms with Gasteiger partial charge in [-0.05, 0) is 0 Å². The highest BCUT2D eigenvalue weighted by Crippen LogP contribution is 2.25. The van der Waals surface area contributed by atoms with Crippen LogP contribution >= 0.6 is 11.5 Å². The molecule has 0 aromatic carbocycles. The van der Waals surface area contributed by atoms with Crippen LogP contribution in [0.15, 0.2) is 17.2 Å². The van der Waals surface area contributed by atoms with E-state index in [-0.39, 0.29) is 6.54 Å². The molecular formula is C10H10F3N5OS. The quantitative estimate of drug-likeness (QED) is 0.853. The van der Waals surface area contributed by atoms with Crippen LogP contribution in [0, 0.1) is 0 Å². The Kier molecular flexibility index (Phi) is 3.75. The molecule has 0 saturated heterocycles. The lowest BCUT2D eigenvalue weighted by Crippen LogP contribution is -2.24. The lowest BCUT2D eigenvalue weighted by atomic mass is 10.4. The highest BCUT2D eigenvalue weighted by molar-refractivity contribution is 7.09. The van der Waals surface area contributed by atoms with E-state index in [4.69, 9.17) is 0 Å². The minimum Gasteiger partial charge on any atom is -0.353 e. The third-order valence-corrected chi connectivity index (χ3v) is 3.24. The lowest BCUT2D eigenvalue weighted by molar-refractivity contribution is -0.141. The van der Waals surface area contributed by atoms with Gasteiger partial charge in [-0.3, -0.25) is 9.36 Å². The predicted molar refractivity (Wildman–Crippen MR) is 66.8 cm³/mol. The Labute approximate surface area is 115 Å². The van der Waals surface area contributed by atoms with Crippen LogP contribution in [-0.2, 0) is 12.7 Å². The van der Waals surface area contributed by atoms with Gasteiger partial charge in [0, 0.05) is 31.7 Å². The molecule has 2 rings (SSSR count). The van der Waals surface area contributed by atoms with E-state index in [2.05, 4.69) is 14.3 Å². The monoisotopic (exact) mass is 305 g/mol. The van der Waals surface area contributed by atoms with Crippen molar-refractivity contribution in [3.8, 4) is 0 Å². The number of nitrogens with zero attached hydrogens (tertiary/aromatic N) is 5. The number of anilines is 1. The molecule has 0 radical (unpaired) electrons. The Morgan fingerprint density at radius 2 is 2.10 bits per heavy atom. The Hall–Kier alpha value is -1.97. The second kappa shape index (κ2) is 5.19. The van der Waals surface area contributed by atoms with Crippen LogP contribution in [0.2, 0.25) is 0 Å². The molecule has 108 valence electrons. The molecule has 0 atom stereocenters. The first-order chi connectivity index (χ1) is 9.27. The Bertz CT molecular complexity index is 663. The van der Waals surface area contributed by atoms with Crippen LogP contribution in [0.1, 0.15) is 11.5 Å². The Balaban J connectivity index is 2.24. The van der Waals surface area contributed by atoms with E-state index in [1.807, 2.05) is 0 Å². The third-order valence-electron chi connectivity index (χ3n) is 2.32. The summed E-state index contributed by atoms with van der Waals surface area (Å²) in [4.78, 5) is 20.7. The summed E-state index contributed by atoms with van der Waals surface area (Å²) in [6.07, 6.45) is -3.78. The van der Waals surface area contributed by atoms with E-state index in [1.54, 1.807) is 19.0 Å². The van der Waals surface area contributed by atoms with Crippen LogP contribution in [0.25, 0.3) is 0 Å². The Morgan fingerprint density at radius 1 is 1.40 bits per heavy atom. The molecule has 0 amide bonds. The van der Waals surface area contributed by atoms with Gasteiger partial charge in [-0.25, -0.2) is 9.97 Å². The fourth-order valence-electron chi connectivity index (χ4n) is 1.34. The highest BCUT2D eigenvalue weighted by Gasteiger charge is 2.33. The second-order valence-corrected chi connectivity index (χ2v) is 4.86. The molecule has 0 saturated carbocycles. The minimum absolute atomic E-state index is 0.0195. The fourth-order valence-corrected chi connectivity index (χ4v) is 1.94. The summed E-state index contributed by atoms with van der Waals surface area (Å²) in [5, 5.41) is 0.646. The SMILES string of the molecule is CN(C)c1nc(Cn2cnc(C(F)(F)F)cc2=O)ns1. The molecule has 0 bridgehead atoms. The number of hydrogen-bond donors (Lipinski definition) is 0. The van der Waals surface area contributed by atoms with Crippen LogP contribution in [0.4, 0.5) is 18.3 Å². The molecule has 0 fully saturated rings. The summed E-state index contributed by atoms with van der Waals surface area (Å²) in [7, 11) is 3.58. The molecule has 0 aliphatic heterocycles. The molecule has 0 spiro atoms. The van der Waals surface area contributed by atoms with Crippen molar-refractivity contribution in [2.24, 2.45) is 0 Å². The average molecular weight is 305 g/mol. The molecule has 0 unspecified atom stereocenters. The van der Waals surface area contributed by atoms with Crippen molar-refractivity contribution in [2.45, 2.75) is 12.7 Å². The van der Waals surface area contributed by atoms with Crippen LogP contribution < -0.4 is 10.5 Å². The first-order valence-electron chi connectivity index (χ1n) is 5.41. The first-order valence-corrected chi connectivity index (χ1v) is 6.18. The van der Waals surface area contributed by atoms with E-state index in [0.717, 1.165) is 22.4 Å². The topological polar surface area (TPSA) is 63.9 Å². The molecule has 0 aliphatic carbocycles. The van der Waals surface area contributed by atoms with Gasteiger partial charge in [-0.2, -0.15) is 17.5 Å². The smallest absolute Gasteiger partial charge is 0.353 e. The maximum absolute atomic E-state index is 12.4. The van der Waals surface area contributed by atoms with E-state index in [0.29, 0.717) is 17.0 Å². The number of alkyl halides is 3. The second-order valence-electron chi connectivity index (χ2n) is 4.13. The van der Waals surface area contributed by atoms with Gasteiger partial charge in [0.2, 0.25) is 5.13 Å². The van der Waals surface area contributed by atoms with Crippen LogP contribution in [0.5, 0.6) is 0 Å². The van der Waals surface area contributed by atoms with Crippen molar-refractivity contribution in [3.63, 3.8) is 0 Å². The van der Waals surface area contributed by atoms with E-state index >= 15 is 0 Å². The first kappa shape index (κ1) is 14.4. The van der Waals surface area contributed by atoms with E-state index in [1.165, 1.54) is 0 Å². The zero-order chi connectivity index (χ0) is 14.9.